The molecule has 2 rings (SSSR count). The van der Waals surface area contributed by atoms with E-state index in [1.807, 2.05) is 6.56 Å². The standard InChI is InChI=1S/C8H11.C5H5.C2H7Si.2ClH.Zr/c1-6-4-7(2)8(3)5-6;1-2-4-5-3-1;1-3-2;;;/h4,6H,1-3H3;1-3H,4H2;3H,1-2H3;2*1H;. The van der Waals surface area contributed by atoms with Crippen LogP contribution in [0.15, 0.2) is 42.0 Å². The minimum atomic E-state index is -1.46. The van der Waals surface area contributed by atoms with Crippen molar-refractivity contribution in [1.82, 2.24) is 0 Å². The van der Waals surface area contributed by atoms with E-state index in [1.54, 1.807) is 11.1 Å². The van der Waals surface area contributed by atoms with Gasteiger partial charge in [0, 0.05) is 0 Å². The maximum atomic E-state index is 2.58. The Balaban J connectivity index is 0.00000162. The van der Waals surface area contributed by atoms with Gasteiger partial charge in [-0.25, -0.2) is 0 Å². The second-order valence-electron chi connectivity index (χ2n) is 5.57. The summed E-state index contributed by atoms with van der Waals surface area (Å²) in [6.45, 7) is 12.2. The van der Waals surface area contributed by atoms with E-state index >= 15 is 0 Å². The quantitative estimate of drug-likeness (QED) is 0.580. The van der Waals surface area contributed by atoms with Crippen LogP contribution in [0.5, 0.6) is 0 Å². The Kier molecular flexibility index (Phi) is 8.45. The molecule has 19 heavy (non-hydrogen) atoms. The van der Waals surface area contributed by atoms with Gasteiger partial charge in [-0.1, -0.05) is 0 Å². The number of halogens is 2. The largest absolute Gasteiger partial charge is 0.147 e. The summed E-state index contributed by atoms with van der Waals surface area (Å²) in [7, 11) is 0. The fourth-order valence-electron chi connectivity index (χ4n) is 3.09. The first-order chi connectivity index (χ1) is 8.02. The van der Waals surface area contributed by atoms with E-state index in [0.717, 1.165) is 5.92 Å². The predicted octanol–water partition coefficient (Wildman–Crippen LogP) is 5.15. The van der Waals surface area contributed by atoms with Gasteiger partial charge >= 0.3 is 115 Å². The molecule has 107 valence electrons. The Bertz CT molecular complexity index is 447. The van der Waals surface area contributed by atoms with Gasteiger partial charge in [0.1, 0.15) is 0 Å². The molecule has 0 fully saturated rings. The average molecular weight is 396 g/mol. The molecule has 0 heterocycles. The van der Waals surface area contributed by atoms with E-state index in [9.17, 15) is 0 Å². The average Bonchev–Trinajstić information content (AvgIpc) is 2.83. The zero-order valence-corrected chi connectivity index (χ0v) is 17.7. The summed E-state index contributed by atoms with van der Waals surface area (Å²) in [4.78, 5) is 0. The van der Waals surface area contributed by atoms with Gasteiger partial charge < -0.3 is 0 Å². The molecule has 0 aromatic heterocycles. The van der Waals surface area contributed by atoms with Crippen molar-refractivity contribution in [2.24, 2.45) is 5.92 Å². The van der Waals surface area contributed by atoms with Crippen LogP contribution in [0.2, 0.25) is 13.1 Å². The molecule has 0 saturated heterocycles. The normalized spacial score (nSPS) is 21.1. The molecular weight excluding hydrogens is 370 g/mol. The van der Waals surface area contributed by atoms with Crippen LogP contribution >= 0.6 is 24.8 Å². The van der Waals surface area contributed by atoms with E-state index < -0.39 is 26.8 Å². The monoisotopic (exact) mass is 393 g/mol. The summed E-state index contributed by atoms with van der Waals surface area (Å²) in [6, 6.07) is 0. The van der Waals surface area contributed by atoms with Crippen LogP contribution in [-0.2, 0) is 20.9 Å². The first-order valence-corrected chi connectivity index (χ1v) is 16.3. The minimum Gasteiger partial charge on any atom is -0.147 e. The second-order valence-corrected chi connectivity index (χ2v) is 24.7. The second kappa shape index (κ2) is 8.17. The number of hydrogen-bond acceptors (Lipinski definition) is 0. The van der Waals surface area contributed by atoms with E-state index in [1.165, 1.54) is 6.42 Å². The maximum absolute atomic E-state index is 2.58. The van der Waals surface area contributed by atoms with Crippen LogP contribution in [-0.4, -0.2) is 5.92 Å². The summed E-state index contributed by atoms with van der Waals surface area (Å²) in [5.74, 6) is 0.238. The van der Waals surface area contributed by atoms with Crippen molar-refractivity contribution < 1.29 is 20.9 Å². The zero-order valence-electron chi connectivity index (χ0n) is 12.5. The summed E-state index contributed by atoms with van der Waals surface area (Å²) >= 11 is -1.46. The van der Waals surface area contributed by atoms with Crippen LogP contribution in [0.1, 0.15) is 27.2 Å². The number of allylic oxidation sites excluding steroid dienone is 8. The minimum absolute atomic E-state index is 0. The molecule has 0 amide bonds. The fourth-order valence-corrected chi connectivity index (χ4v) is 23.9. The third-order valence-corrected chi connectivity index (χ3v) is 23.7. The van der Waals surface area contributed by atoms with Crippen molar-refractivity contribution >= 4 is 30.7 Å². The first kappa shape index (κ1) is 19.6. The topological polar surface area (TPSA) is 0 Å². The van der Waals surface area contributed by atoms with Crippen LogP contribution in [0.3, 0.4) is 0 Å². The molecule has 0 N–H and O–H groups in total. The van der Waals surface area contributed by atoms with E-state index in [2.05, 4.69) is 58.2 Å². The molecule has 0 aliphatic heterocycles. The molecule has 1 unspecified atom stereocenters. The van der Waals surface area contributed by atoms with Crippen molar-refractivity contribution in [3.05, 3.63) is 42.0 Å². The molecule has 0 radical (unpaired) electrons. The van der Waals surface area contributed by atoms with Crippen molar-refractivity contribution in [1.29, 1.82) is 0 Å². The molecule has 0 spiro atoms. The molecule has 0 saturated carbocycles. The Morgan fingerprint density at radius 3 is 2.21 bits per heavy atom. The molecule has 2 aliphatic rings. The predicted molar refractivity (Wildman–Crippen MR) is 90.8 cm³/mol. The van der Waals surface area contributed by atoms with Crippen LogP contribution in [0.4, 0.5) is 0 Å². The van der Waals surface area contributed by atoms with Crippen molar-refractivity contribution in [3.8, 4) is 0 Å². The maximum Gasteiger partial charge on any atom is -0.147 e. The van der Waals surface area contributed by atoms with E-state index in [0.29, 0.717) is 0 Å². The number of rotatable bonds is 3. The summed E-state index contributed by atoms with van der Waals surface area (Å²) < 4.78 is 3.78. The van der Waals surface area contributed by atoms with Gasteiger partial charge in [-0.2, -0.15) is 0 Å². The summed E-state index contributed by atoms with van der Waals surface area (Å²) in [6.07, 6.45) is 10.8. The number of hydrogen-bond donors (Lipinski definition) is 0. The molecule has 0 nitrogen and oxygen atoms in total. The van der Waals surface area contributed by atoms with E-state index in [-0.39, 0.29) is 24.8 Å². The Hall–Kier alpha value is 0.640. The van der Waals surface area contributed by atoms with Crippen molar-refractivity contribution in [2.75, 3.05) is 0 Å². The smallest absolute Gasteiger partial charge is 0.147 e. The Labute approximate surface area is 139 Å². The zero-order chi connectivity index (χ0) is 12.6. The fraction of sp³-hybridized carbons (Fsp3) is 0.467. The van der Waals surface area contributed by atoms with Gasteiger partial charge in [-0.15, -0.1) is 24.8 Å². The molecule has 1 atom stereocenters. The molecule has 0 bridgehead atoms. The first-order valence-electron chi connectivity index (χ1n) is 6.65. The van der Waals surface area contributed by atoms with Gasteiger partial charge in [-0.05, 0) is 0 Å². The summed E-state index contributed by atoms with van der Waals surface area (Å²) in [5, 5.41) is 0. The van der Waals surface area contributed by atoms with Gasteiger partial charge in [0.25, 0.3) is 0 Å². The van der Waals surface area contributed by atoms with Crippen molar-refractivity contribution in [2.45, 2.75) is 40.3 Å². The molecule has 2 aliphatic carbocycles. The van der Waals surface area contributed by atoms with Crippen LogP contribution < -0.4 is 0 Å². The summed E-state index contributed by atoms with van der Waals surface area (Å²) in [5.41, 5.74) is 3.20. The van der Waals surface area contributed by atoms with Gasteiger partial charge in [-0.3, -0.25) is 0 Å². The van der Waals surface area contributed by atoms with Crippen molar-refractivity contribution in [3.63, 3.8) is 0 Å². The van der Waals surface area contributed by atoms with Gasteiger partial charge in [0.05, 0.1) is 0 Å². The molecular formula is C15H25Cl2SiZr. The van der Waals surface area contributed by atoms with Gasteiger partial charge in [0.2, 0.25) is 0 Å². The Morgan fingerprint density at radius 1 is 1.21 bits per heavy atom. The third-order valence-electron chi connectivity index (χ3n) is 3.94. The van der Waals surface area contributed by atoms with Crippen LogP contribution in [0.25, 0.3) is 0 Å². The molecule has 0 aromatic carbocycles. The third kappa shape index (κ3) is 4.06. The molecule has 0 aromatic rings. The van der Waals surface area contributed by atoms with Gasteiger partial charge in [0.15, 0.2) is 0 Å². The SMILES string of the molecule is CC1=CC(C)[C]([Zr]([C]2=CC=CC2)[SiH](C)C)=C1C.Cl.Cl. The van der Waals surface area contributed by atoms with Crippen LogP contribution in [0, 0.1) is 5.92 Å². The molecule has 4 heteroatoms. The van der Waals surface area contributed by atoms with E-state index in [4.69, 9.17) is 0 Å². The Morgan fingerprint density at radius 2 is 1.84 bits per heavy atom.